The molecule has 8 heteroatoms. The summed E-state index contributed by atoms with van der Waals surface area (Å²) in [4.78, 5) is 14.1. The molecule has 1 heterocycles. The van der Waals surface area contributed by atoms with Crippen LogP contribution in [-0.2, 0) is 21.1 Å². The molecule has 5 nitrogen and oxygen atoms in total. The van der Waals surface area contributed by atoms with Crippen LogP contribution in [0.4, 0.5) is 8.78 Å². The van der Waals surface area contributed by atoms with Gasteiger partial charge in [0.1, 0.15) is 21.5 Å². The first kappa shape index (κ1) is 19.8. The minimum atomic E-state index is -2.97. The van der Waals surface area contributed by atoms with Gasteiger partial charge >= 0.3 is 0 Å². The van der Waals surface area contributed by atoms with Gasteiger partial charge in [-0.15, -0.1) is 0 Å². The van der Waals surface area contributed by atoms with Crippen molar-refractivity contribution in [3.05, 3.63) is 35.4 Å². The molecule has 1 aliphatic rings. The average molecular weight is 374 g/mol. The molecule has 1 fully saturated rings. The zero-order valence-corrected chi connectivity index (χ0v) is 15.1. The molecule has 0 aromatic heterocycles. The van der Waals surface area contributed by atoms with Gasteiger partial charge in [0.15, 0.2) is 0 Å². The fourth-order valence-corrected chi connectivity index (χ4v) is 3.50. The lowest BCUT2D eigenvalue weighted by Crippen LogP contribution is -2.45. The summed E-state index contributed by atoms with van der Waals surface area (Å²) < 4.78 is 49.4. The molecule has 1 aliphatic heterocycles. The summed E-state index contributed by atoms with van der Waals surface area (Å²) in [6.07, 6.45) is 2.76. The van der Waals surface area contributed by atoms with E-state index in [1.165, 1.54) is 24.5 Å². The highest BCUT2D eigenvalue weighted by Crippen LogP contribution is 2.15. The topological polar surface area (TPSA) is 66.5 Å². The van der Waals surface area contributed by atoms with E-state index in [4.69, 9.17) is 0 Å². The summed E-state index contributed by atoms with van der Waals surface area (Å²) in [5.41, 5.74) is -0.0618. The molecule has 0 spiro atoms. The van der Waals surface area contributed by atoms with Crippen LogP contribution in [0.2, 0.25) is 0 Å². The molecule has 0 saturated carbocycles. The van der Waals surface area contributed by atoms with Gasteiger partial charge in [0.25, 0.3) is 0 Å². The zero-order valence-electron chi connectivity index (χ0n) is 14.3. The lowest BCUT2D eigenvalue weighted by Gasteiger charge is -2.32. The summed E-state index contributed by atoms with van der Waals surface area (Å²) in [5, 5.41) is 2.89. The zero-order chi connectivity index (χ0) is 18.4. The van der Waals surface area contributed by atoms with E-state index < -0.39 is 21.5 Å². The number of likely N-dealkylation sites (tertiary alicyclic amines) is 1. The van der Waals surface area contributed by atoms with Crippen LogP contribution in [0, 0.1) is 11.6 Å². The van der Waals surface area contributed by atoms with Crippen LogP contribution in [-0.4, -0.2) is 56.9 Å². The fourth-order valence-electron chi connectivity index (χ4n) is 2.91. The van der Waals surface area contributed by atoms with Gasteiger partial charge in [0, 0.05) is 43.9 Å². The molecule has 0 aliphatic carbocycles. The van der Waals surface area contributed by atoms with Crippen molar-refractivity contribution in [2.75, 3.05) is 31.6 Å². The minimum absolute atomic E-state index is 0.0208. The molecule has 1 saturated heterocycles. The smallest absolute Gasteiger partial charge is 0.220 e. The average Bonchev–Trinajstić information content (AvgIpc) is 2.53. The van der Waals surface area contributed by atoms with Gasteiger partial charge in [-0.05, 0) is 31.4 Å². The van der Waals surface area contributed by atoms with Crippen LogP contribution in [0.3, 0.4) is 0 Å². The van der Waals surface area contributed by atoms with Crippen LogP contribution in [0.5, 0.6) is 0 Å². The Balaban J connectivity index is 1.72. The second kappa shape index (κ2) is 8.71. The molecule has 1 amide bonds. The first-order valence-corrected chi connectivity index (χ1v) is 10.4. The Morgan fingerprint density at radius 2 is 1.84 bits per heavy atom. The number of hydrogen-bond donors (Lipinski definition) is 1. The van der Waals surface area contributed by atoms with Crippen LogP contribution < -0.4 is 5.32 Å². The number of piperidine rings is 1. The van der Waals surface area contributed by atoms with E-state index >= 15 is 0 Å². The molecule has 0 unspecified atom stereocenters. The first-order valence-electron chi connectivity index (χ1n) is 8.37. The molecule has 1 aromatic carbocycles. The molecule has 0 atom stereocenters. The maximum Gasteiger partial charge on any atom is 0.220 e. The van der Waals surface area contributed by atoms with Gasteiger partial charge < -0.3 is 10.2 Å². The number of carbonyl (C=O) groups excluding carboxylic acids is 1. The standard InChI is InChI=1S/C17H24F2N2O3S/c1-25(23,24)12-11-21-9-7-13(8-10-21)20-17(22)6-5-14-15(18)3-2-4-16(14)19/h2-4,13H,5-12H2,1H3,(H,20,22). The van der Waals surface area contributed by atoms with Gasteiger partial charge in [-0.1, -0.05) is 6.07 Å². The molecule has 25 heavy (non-hydrogen) atoms. The third-order valence-electron chi connectivity index (χ3n) is 4.39. The predicted molar refractivity (Wildman–Crippen MR) is 92.0 cm³/mol. The highest BCUT2D eigenvalue weighted by molar-refractivity contribution is 7.90. The van der Waals surface area contributed by atoms with Gasteiger partial charge in [0.05, 0.1) is 5.75 Å². The number of amides is 1. The summed E-state index contributed by atoms with van der Waals surface area (Å²) in [6, 6.07) is 3.68. The van der Waals surface area contributed by atoms with E-state index in [1.54, 1.807) is 0 Å². The van der Waals surface area contributed by atoms with Crippen molar-refractivity contribution in [3.63, 3.8) is 0 Å². The van der Waals surface area contributed by atoms with Crippen molar-refractivity contribution in [1.29, 1.82) is 0 Å². The van der Waals surface area contributed by atoms with Gasteiger partial charge in [0.2, 0.25) is 5.91 Å². The van der Waals surface area contributed by atoms with Crippen molar-refractivity contribution in [3.8, 4) is 0 Å². The lowest BCUT2D eigenvalue weighted by atomic mass is 10.0. The summed E-state index contributed by atoms with van der Waals surface area (Å²) in [6.45, 7) is 1.96. The molecule has 0 bridgehead atoms. The van der Waals surface area contributed by atoms with Crippen molar-refractivity contribution in [1.82, 2.24) is 10.2 Å². The van der Waals surface area contributed by atoms with Gasteiger partial charge in [-0.25, -0.2) is 17.2 Å². The molecule has 1 N–H and O–H groups in total. The number of sulfone groups is 1. The third kappa shape index (κ3) is 6.70. The van der Waals surface area contributed by atoms with E-state index in [1.807, 2.05) is 0 Å². The van der Waals surface area contributed by atoms with Crippen LogP contribution in [0.1, 0.15) is 24.8 Å². The second-order valence-corrected chi connectivity index (χ2v) is 8.77. The maximum atomic E-state index is 13.5. The number of nitrogens with zero attached hydrogens (tertiary/aromatic N) is 1. The number of hydrogen-bond acceptors (Lipinski definition) is 4. The Morgan fingerprint density at radius 1 is 1.24 bits per heavy atom. The molecule has 2 rings (SSSR count). The lowest BCUT2D eigenvalue weighted by molar-refractivity contribution is -0.122. The Labute approximate surface area is 147 Å². The first-order chi connectivity index (χ1) is 11.7. The van der Waals surface area contributed by atoms with Gasteiger partial charge in [-0.2, -0.15) is 0 Å². The summed E-state index contributed by atoms with van der Waals surface area (Å²) in [5.74, 6) is -1.35. The second-order valence-electron chi connectivity index (χ2n) is 6.51. The minimum Gasteiger partial charge on any atom is -0.353 e. The number of carbonyl (C=O) groups is 1. The highest BCUT2D eigenvalue weighted by atomic mass is 32.2. The van der Waals surface area contributed by atoms with Crippen LogP contribution in [0.15, 0.2) is 18.2 Å². The maximum absolute atomic E-state index is 13.5. The molecule has 140 valence electrons. The fraction of sp³-hybridized carbons (Fsp3) is 0.588. The van der Waals surface area contributed by atoms with Crippen molar-refractivity contribution in [2.45, 2.75) is 31.7 Å². The SMILES string of the molecule is CS(=O)(=O)CCN1CCC(NC(=O)CCc2c(F)cccc2F)CC1. The molecule has 1 aromatic rings. The van der Waals surface area contributed by atoms with Crippen molar-refractivity contribution >= 4 is 15.7 Å². The van der Waals surface area contributed by atoms with Gasteiger partial charge in [-0.3, -0.25) is 4.79 Å². The van der Waals surface area contributed by atoms with Crippen LogP contribution in [0.25, 0.3) is 0 Å². The predicted octanol–water partition coefficient (Wildman–Crippen LogP) is 1.52. The summed E-state index contributed by atoms with van der Waals surface area (Å²) >= 11 is 0. The Hall–Kier alpha value is -1.54. The van der Waals surface area contributed by atoms with E-state index in [0.717, 1.165) is 25.9 Å². The number of halogens is 2. The normalized spacial score (nSPS) is 16.8. The Morgan fingerprint density at radius 3 is 2.40 bits per heavy atom. The van der Waals surface area contributed by atoms with Crippen molar-refractivity contribution < 1.29 is 22.0 Å². The quantitative estimate of drug-likeness (QED) is 0.786. The van der Waals surface area contributed by atoms with Crippen molar-refractivity contribution in [2.24, 2.45) is 0 Å². The largest absolute Gasteiger partial charge is 0.353 e. The molecular formula is C17H24F2N2O3S. The van der Waals surface area contributed by atoms with E-state index in [2.05, 4.69) is 10.2 Å². The Kier molecular flexibility index (Phi) is 6.89. The van der Waals surface area contributed by atoms with Crippen LogP contribution >= 0.6 is 0 Å². The summed E-state index contributed by atoms with van der Waals surface area (Å²) in [7, 11) is -2.97. The number of benzene rings is 1. The third-order valence-corrected chi connectivity index (χ3v) is 5.32. The van der Waals surface area contributed by atoms with E-state index in [-0.39, 0.29) is 36.1 Å². The number of rotatable bonds is 7. The van der Waals surface area contributed by atoms with E-state index in [0.29, 0.717) is 6.54 Å². The van der Waals surface area contributed by atoms with E-state index in [9.17, 15) is 22.0 Å². The molecule has 0 radical (unpaired) electrons. The monoisotopic (exact) mass is 374 g/mol. The highest BCUT2D eigenvalue weighted by Gasteiger charge is 2.21. The Bertz CT molecular complexity index is 682. The number of nitrogens with one attached hydrogen (secondary N) is 1. The molecular weight excluding hydrogens is 350 g/mol.